The highest BCUT2D eigenvalue weighted by atomic mass is 35.5. The summed E-state index contributed by atoms with van der Waals surface area (Å²) in [5, 5.41) is 14.3. The van der Waals surface area contributed by atoms with Crippen LogP contribution in [0.4, 0.5) is 11.4 Å². The van der Waals surface area contributed by atoms with Gasteiger partial charge >= 0.3 is 0 Å². The predicted octanol–water partition coefficient (Wildman–Crippen LogP) is 5.93. The van der Waals surface area contributed by atoms with Crippen molar-refractivity contribution >= 4 is 58.2 Å². The lowest BCUT2D eigenvalue weighted by Crippen LogP contribution is -2.27. The predicted molar refractivity (Wildman–Crippen MR) is 130 cm³/mol. The molecule has 3 aromatic rings. The van der Waals surface area contributed by atoms with Gasteiger partial charge in [0.05, 0.1) is 21.4 Å². The molecule has 10 heteroatoms. The fourth-order valence-electron chi connectivity index (χ4n) is 3.40. The van der Waals surface area contributed by atoms with E-state index >= 15 is 0 Å². The molecule has 0 aromatic heterocycles. The Bertz CT molecular complexity index is 1220. The van der Waals surface area contributed by atoms with Crippen LogP contribution < -0.4 is 5.32 Å². The van der Waals surface area contributed by atoms with Crippen LogP contribution in [0.5, 0.6) is 0 Å². The molecule has 1 heterocycles. The molecule has 1 fully saturated rings. The molecular weight excluding hydrogens is 485 g/mol. The number of carbonyl (C=O) groups is 2. The number of hydrogen-bond acceptors (Lipinski definition) is 5. The first-order valence-electron chi connectivity index (χ1n) is 9.82. The van der Waals surface area contributed by atoms with Crippen LogP contribution in [0, 0.1) is 10.1 Å². The van der Waals surface area contributed by atoms with E-state index in [9.17, 15) is 19.7 Å². The zero-order valence-electron chi connectivity index (χ0n) is 17.0. The summed E-state index contributed by atoms with van der Waals surface area (Å²) in [5.41, 5.74) is 2.22. The van der Waals surface area contributed by atoms with E-state index in [1.165, 1.54) is 30.0 Å². The van der Waals surface area contributed by atoms with Crippen LogP contribution >= 0.6 is 35.0 Å². The average Bonchev–Trinajstić information content (AvgIpc) is 3.16. The topological polar surface area (TPSA) is 92.5 Å². The van der Waals surface area contributed by atoms with E-state index in [0.717, 1.165) is 11.1 Å². The second kappa shape index (κ2) is 9.82. The lowest BCUT2D eigenvalue weighted by molar-refractivity contribution is -0.384. The molecule has 0 spiro atoms. The number of thioether (sulfide) groups is 1. The Hall–Kier alpha value is -3.07. The molecule has 0 aliphatic carbocycles. The van der Waals surface area contributed by atoms with Crippen LogP contribution in [-0.2, 0) is 11.3 Å². The summed E-state index contributed by atoms with van der Waals surface area (Å²) in [6.45, 7) is 0.460. The number of anilines is 1. The SMILES string of the molecule is O=C(Nc1cc([N+](=O)[O-])ccc1Cl)c1ccc([C@@H]2SCC(=O)N2Cc2ccc(Cl)cc2)cc1. The maximum Gasteiger partial charge on any atom is 0.271 e. The number of nitro benzene ring substituents is 1. The fraction of sp³-hybridized carbons (Fsp3) is 0.130. The van der Waals surface area contributed by atoms with Gasteiger partial charge < -0.3 is 10.2 Å². The largest absolute Gasteiger partial charge is 0.322 e. The van der Waals surface area contributed by atoms with E-state index in [-0.39, 0.29) is 27.7 Å². The highest BCUT2D eigenvalue weighted by molar-refractivity contribution is 8.00. The normalized spacial score (nSPS) is 15.5. The van der Waals surface area contributed by atoms with Gasteiger partial charge in [0.15, 0.2) is 0 Å². The van der Waals surface area contributed by atoms with Crippen molar-refractivity contribution in [1.82, 2.24) is 4.90 Å². The van der Waals surface area contributed by atoms with Crippen molar-refractivity contribution in [3.63, 3.8) is 0 Å². The summed E-state index contributed by atoms with van der Waals surface area (Å²) in [7, 11) is 0. The summed E-state index contributed by atoms with van der Waals surface area (Å²) in [6.07, 6.45) is 0. The lowest BCUT2D eigenvalue weighted by atomic mass is 10.1. The van der Waals surface area contributed by atoms with Crippen LogP contribution in [0.2, 0.25) is 10.0 Å². The Morgan fingerprint density at radius 1 is 1.09 bits per heavy atom. The number of rotatable bonds is 6. The van der Waals surface area contributed by atoms with E-state index < -0.39 is 10.8 Å². The third-order valence-electron chi connectivity index (χ3n) is 5.10. The van der Waals surface area contributed by atoms with E-state index in [2.05, 4.69) is 5.32 Å². The van der Waals surface area contributed by atoms with Gasteiger partial charge in [-0.25, -0.2) is 0 Å². The molecule has 1 atom stereocenters. The van der Waals surface area contributed by atoms with E-state index in [4.69, 9.17) is 23.2 Å². The molecule has 1 aliphatic heterocycles. The summed E-state index contributed by atoms with van der Waals surface area (Å²) < 4.78 is 0. The molecule has 0 radical (unpaired) electrons. The number of nitro groups is 1. The van der Waals surface area contributed by atoms with Gasteiger partial charge in [0, 0.05) is 29.3 Å². The van der Waals surface area contributed by atoms with E-state index in [1.54, 1.807) is 41.3 Å². The summed E-state index contributed by atoms with van der Waals surface area (Å²) in [6, 6.07) is 18.1. The van der Waals surface area contributed by atoms with Crippen LogP contribution in [0.15, 0.2) is 66.7 Å². The minimum atomic E-state index is -0.558. The van der Waals surface area contributed by atoms with Gasteiger partial charge in [-0.1, -0.05) is 47.5 Å². The van der Waals surface area contributed by atoms with Gasteiger partial charge in [0.2, 0.25) is 5.91 Å². The first-order chi connectivity index (χ1) is 15.8. The van der Waals surface area contributed by atoms with Gasteiger partial charge in [-0.3, -0.25) is 19.7 Å². The second-order valence-corrected chi connectivity index (χ2v) is 9.22. The third-order valence-corrected chi connectivity index (χ3v) is 6.94. The molecule has 33 heavy (non-hydrogen) atoms. The van der Waals surface area contributed by atoms with Crippen LogP contribution in [0.1, 0.15) is 26.9 Å². The third kappa shape index (κ3) is 5.30. The van der Waals surface area contributed by atoms with Gasteiger partial charge in [-0.05, 0) is 41.5 Å². The van der Waals surface area contributed by atoms with Crippen molar-refractivity contribution in [3.8, 4) is 0 Å². The first-order valence-corrected chi connectivity index (χ1v) is 11.6. The van der Waals surface area contributed by atoms with Crippen molar-refractivity contribution in [2.45, 2.75) is 11.9 Å². The average molecular weight is 502 g/mol. The minimum Gasteiger partial charge on any atom is -0.322 e. The Morgan fingerprint density at radius 2 is 1.79 bits per heavy atom. The Kier molecular flexibility index (Phi) is 6.88. The molecule has 1 saturated heterocycles. The number of halogens is 2. The molecule has 0 unspecified atom stereocenters. The number of hydrogen-bond donors (Lipinski definition) is 1. The number of amides is 2. The summed E-state index contributed by atoms with van der Waals surface area (Å²) in [4.78, 5) is 37.3. The van der Waals surface area contributed by atoms with Crippen molar-refractivity contribution in [1.29, 1.82) is 0 Å². The molecule has 0 saturated carbocycles. The summed E-state index contributed by atoms with van der Waals surface area (Å²) >= 11 is 13.5. The van der Waals surface area contributed by atoms with Gasteiger partial charge in [-0.2, -0.15) is 0 Å². The van der Waals surface area contributed by atoms with Crippen LogP contribution in [-0.4, -0.2) is 27.4 Å². The highest BCUT2D eigenvalue weighted by Crippen LogP contribution is 2.39. The zero-order valence-corrected chi connectivity index (χ0v) is 19.4. The molecule has 4 rings (SSSR count). The van der Waals surface area contributed by atoms with Gasteiger partial charge in [0.25, 0.3) is 11.6 Å². The van der Waals surface area contributed by atoms with Gasteiger partial charge in [0.1, 0.15) is 5.37 Å². The number of non-ortho nitro benzene ring substituents is 1. The number of nitrogens with one attached hydrogen (secondary N) is 1. The fourth-order valence-corrected chi connectivity index (χ4v) is 4.88. The van der Waals surface area contributed by atoms with E-state index in [1.807, 2.05) is 12.1 Å². The molecule has 3 aromatic carbocycles. The minimum absolute atomic E-state index is 0.0436. The molecule has 1 aliphatic rings. The Morgan fingerprint density at radius 3 is 2.45 bits per heavy atom. The maximum atomic E-state index is 12.6. The molecular formula is C23H17Cl2N3O4S. The zero-order chi connectivity index (χ0) is 23.5. The van der Waals surface area contributed by atoms with Crippen molar-refractivity contribution in [2.24, 2.45) is 0 Å². The lowest BCUT2D eigenvalue weighted by Gasteiger charge is -2.24. The quantitative estimate of drug-likeness (QED) is 0.333. The Labute approximate surface area is 203 Å². The molecule has 7 nitrogen and oxygen atoms in total. The smallest absolute Gasteiger partial charge is 0.271 e. The molecule has 2 amide bonds. The molecule has 168 valence electrons. The van der Waals surface area contributed by atoms with E-state index in [0.29, 0.717) is 22.9 Å². The number of nitrogens with zero attached hydrogens (tertiary/aromatic N) is 2. The standard InChI is InChI=1S/C23H17Cl2N3O4S/c24-17-7-1-14(2-8-17)12-27-21(29)13-33-23(27)16-5-3-15(4-6-16)22(30)26-20-11-18(28(31)32)9-10-19(20)25/h1-11,23H,12-13H2,(H,26,30)/t23-/m0/s1. The van der Waals surface area contributed by atoms with Crippen LogP contribution in [0.3, 0.4) is 0 Å². The maximum absolute atomic E-state index is 12.6. The number of carbonyl (C=O) groups excluding carboxylic acids is 2. The Balaban J connectivity index is 1.48. The van der Waals surface area contributed by atoms with Crippen LogP contribution in [0.25, 0.3) is 0 Å². The number of benzene rings is 3. The molecule has 0 bridgehead atoms. The molecule has 1 N–H and O–H groups in total. The first kappa shape index (κ1) is 23.1. The summed E-state index contributed by atoms with van der Waals surface area (Å²) in [5.74, 6) is -0.0228. The highest BCUT2D eigenvalue weighted by Gasteiger charge is 2.32. The van der Waals surface area contributed by atoms with Crippen molar-refractivity contribution in [3.05, 3.63) is 104 Å². The second-order valence-electron chi connectivity index (χ2n) is 7.31. The monoisotopic (exact) mass is 501 g/mol. The van der Waals surface area contributed by atoms with Crippen molar-refractivity contribution < 1.29 is 14.5 Å². The van der Waals surface area contributed by atoms with Crippen molar-refractivity contribution in [2.75, 3.05) is 11.1 Å². The van der Waals surface area contributed by atoms with Gasteiger partial charge in [-0.15, -0.1) is 11.8 Å².